The van der Waals surface area contributed by atoms with Gasteiger partial charge in [-0.25, -0.2) is 0 Å². The molecule has 1 heterocycles. The Bertz CT molecular complexity index is 1030. The Kier molecular flexibility index (Phi) is 7.55. The van der Waals surface area contributed by atoms with Gasteiger partial charge in [0.1, 0.15) is 16.8 Å². The zero-order chi connectivity index (χ0) is 22.5. The van der Waals surface area contributed by atoms with E-state index in [1.54, 1.807) is 30.1 Å². The minimum atomic E-state index is -0.297. The number of benzene rings is 1. The largest absolute Gasteiger partial charge is 0.495 e. The maximum Gasteiger partial charge on any atom is 0.239 e. The number of fused-ring (bicyclic) bond motifs is 1. The number of hydrogen-bond acceptors (Lipinski definition) is 6. The molecule has 0 unspecified atom stereocenters. The predicted octanol–water partition coefficient (Wildman–Crippen LogP) is 3.92. The first-order chi connectivity index (χ1) is 14.8. The molecule has 0 saturated carbocycles. The number of nitrogens with one attached hydrogen (secondary N) is 2. The highest BCUT2D eigenvalue weighted by Gasteiger charge is 2.25. The van der Waals surface area contributed by atoms with Crippen LogP contribution < -0.4 is 15.4 Å². The summed E-state index contributed by atoms with van der Waals surface area (Å²) in [5.41, 5.74) is 2.12. The van der Waals surface area contributed by atoms with Crippen LogP contribution in [-0.4, -0.2) is 44.0 Å². The second-order valence-electron chi connectivity index (χ2n) is 7.78. The molecule has 2 N–H and O–H groups in total. The lowest BCUT2D eigenvalue weighted by Gasteiger charge is -2.17. The quantitative estimate of drug-likeness (QED) is 0.653. The number of carbonyl (C=O) groups excluding carboxylic acids is 2. The Labute approximate surface area is 190 Å². The first-order valence-corrected chi connectivity index (χ1v) is 11.2. The number of anilines is 2. The Morgan fingerprint density at radius 2 is 2.03 bits per heavy atom. The lowest BCUT2D eigenvalue weighted by atomic mass is 9.89. The Morgan fingerprint density at radius 1 is 1.32 bits per heavy atom. The number of ether oxygens (including phenoxy) is 1. The van der Waals surface area contributed by atoms with Gasteiger partial charge in [-0.2, -0.15) is 5.26 Å². The van der Waals surface area contributed by atoms with E-state index in [1.165, 1.54) is 23.3 Å². The van der Waals surface area contributed by atoms with Crippen LogP contribution in [0.25, 0.3) is 0 Å². The highest BCUT2D eigenvalue weighted by atomic mass is 35.5. The standard InChI is InChI=1S/C22H25ClN4O3S/c1-13-4-6-15-16(10-24)22(31-19(15)8-13)26-21(29)12-27(2)11-20(28)25-17-9-14(23)5-7-18(17)30-3/h5,7,9,13H,4,6,8,11-12H2,1-3H3,(H,25,28)(H,26,29)/t13-/m0/s1. The van der Waals surface area contributed by atoms with Gasteiger partial charge >= 0.3 is 0 Å². The van der Waals surface area contributed by atoms with Gasteiger partial charge in [0, 0.05) is 9.90 Å². The van der Waals surface area contributed by atoms with Crippen LogP contribution >= 0.6 is 22.9 Å². The van der Waals surface area contributed by atoms with Gasteiger partial charge in [0.2, 0.25) is 11.8 Å². The third kappa shape index (κ3) is 5.76. The summed E-state index contributed by atoms with van der Waals surface area (Å²) in [5, 5.41) is 16.3. The number of amides is 2. The zero-order valence-electron chi connectivity index (χ0n) is 17.8. The summed E-state index contributed by atoms with van der Waals surface area (Å²) in [7, 11) is 3.19. The van der Waals surface area contributed by atoms with Crippen molar-refractivity contribution >= 4 is 45.4 Å². The van der Waals surface area contributed by atoms with Gasteiger partial charge in [-0.1, -0.05) is 18.5 Å². The highest BCUT2D eigenvalue weighted by molar-refractivity contribution is 7.16. The maximum atomic E-state index is 12.5. The molecule has 2 amide bonds. The minimum absolute atomic E-state index is 0.00660. The van der Waals surface area contributed by atoms with Crippen LogP contribution in [0.4, 0.5) is 10.7 Å². The van der Waals surface area contributed by atoms with Crippen molar-refractivity contribution in [3.63, 3.8) is 0 Å². The molecule has 1 aliphatic carbocycles. The van der Waals surface area contributed by atoms with Crippen molar-refractivity contribution in [3.05, 3.63) is 39.2 Å². The third-order valence-electron chi connectivity index (χ3n) is 5.14. The third-order valence-corrected chi connectivity index (χ3v) is 6.54. The van der Waals surface area contributed by atoms with Crippen molar-refractivity contribution in [2.45, 2.75) is 26.2 Å². The number of carbonyl (C=O) groups is 2. The average Bonchev–Trinajstić information content (AvgIpc) is 3.03. The zero-order valence-corrected chi connectivity index (χ0v) is 19.3. The minimum Gasteiger partial charge on any atom is -0.495 e. The summed E-state index contributed by atoms with van der Waals surface area (Å²) < 4.78 is 5.22. The molecule has 1 aromatic carbocycles. The number of methoxy groups -OCH3 is 1. The highest BCUT2D eigenvalue weighted by Crippen LogP contribution is 2.39. The van der Waals surface area contributed by atoms with Gasteiger partial charge in [-0.05, 0) is 56.0 Å². The fraction of sp³-hybridized carbons (Fsp3) is 0.409. The van der Waals surface area contributed by atoms with Gasteiger partial charge in [-0.3, -0.25) is 14.5 Å². The summed E-state index contributed by atoms with van der Waals surface area (Å²) in [6.07, 6.45) is 2.87. The van der Waals surface area contributed by atoms with Crippen LogP contribution in [-0.2, 0) is 22.4 Å². The second-order valence-corrected chi connectivity index (χ2v) is 9.32. The molecular weight excluding hydrogens is 436 g/mol. The summed E-state index contributed by atoms with van der Waals surface area (Å²) in [6, 6.07) is 7.19. The van der Waals surface area contributed by atoms with Crippen molar-refractivity contribution in [1.29, 1.82) is 5.26 Å². The van der Waals surface area contributed by atoms with Gasteiger partial charge in [0.15, 0.2) is 0 Å². The molecule has 3 rings (SSSR count). The summed E-state index contributed by atoms with van der Waals surface area (Å²) in [4.78, 5) is 27.7. The molecule has 7 nitrogen and oxygen atoms in total. The van der Waals surface area contributed by atoms with Crippen molar-refractivity contribution in [2.75, 3.05) is 37.9 Å². The van der Waals surface area contributed by atoms with Gasteiger partial charge in [0.25, 0.3) is 0 Å². The smallest absolute Gasteiger partial charge is 0.239 e. The predicted molar refractivity (Wildman–Crippen MR) is 123 cm³/mol. The van der Waals surface area contributed by atoms with E-state index in [1.807, 2.05) is 0 Å². The van der Waals surface area contributed by atoms with Gasteiger partial charge < -0.3 is 15.4 Å². The first-order valence-electron chi connectivity index (χ1n) is 9.97. The van der Waals surface area contributed by atoms with E-state index < -0.39 is 0 Å². The van der Waals surface area contributed by atoms with E-state index in [9.17, 15) is 14.9 Å². The fourth-order valence-electron chi connectivity index (χ4n) is 3.64. The lowest BCUT2D eigenvalue weighted by Crippen LogP contribution is -2.36. The van der Waals surface area contributed by atoms with E-state index in [0.717, 1.165) is 24.8 Å². The number of nitriles is 1. The number of likely N-dealkylation sites (N-methyl/N-ethyl adjacent to an activating group) is 1. The molecule has 1 atom stereocenters. The van der Waals surface area contributed by atoms with E-state index in [2.05, 4.69) is 23.6 Å². The van der Waals surface area contributed by atoms with Crippen molar-refractivity contribution in [3.8, 4) is 11.8 Å². The number of halogens is 1. The molecule has 0 aliphatic heterocycles. The molecule has 1 aromatic heterocycles. The Hall–Kier alpha value is -2.60. The SMILES string of the molecule is COc1ccc(Cl)cc1NC(=O)CN(C)CC(=O)Nc1sc2c(c1C#N)CC[C@H](C)C2. The number of thiophene rings is 1. The second kappa shape index (κ2) is 10.1. The molecule has 2 aromatic rings. The van der Waals surface area contributed by atoms with E-state index in [4.69, 9.17) is 16.3 Å². The molecule has 0 saturated heterocycles. The first kappa shape index (κ1) is 23.1. The molecule has 164 valence electrons. The molecule has 1 aliphatic rings. The van der Waals surface area contributed by atoms with Crippen molar-refractivity contribution in [1.82, 2.24) is 4.90 Å². The number of hydrogen-bond donors (Lipinski definition) is 2. The Balaban J connectivity index is 1.57. The molecule has 0 spiro atoms. The van der Waals surface area contributed by atoms with Crippen LogP contribution in [0.2, 0.25) is 5.02 Å². The van der Waals surface area contributed by atoms with Gasteiger partial charge in [0.05, 0.1) is 31.5 Å². The summed E-state index contributed by atoms with van der Waals surface area (Å²) >= 11 is 7.48. The van der Waals surface area contributed by atoms with Crippen LogP contribution in [0, 0.1) is 17.2 Å². The summed E-state index contributed by atoms with van der Waals surface area (Å²) in [6.45, 7) is 2.22. The lowest BCUT2D eigenvalue weighted by molar-refractivity contribution is -0.119. The normalized spacial score (nSPS) is 15.2. The molecular formula is C22H25ClN4O3S. The van der Waals surface area contributed by atoms with Crippen molar-refractivity contribution < 1.29 is 14.3 Å². The van der Waals surface area contributed by atoms with E-state index in [0.29, 0.717) is 32.9 Å². The monoisotopic (exact) mass is 460 g/mol. The van der Waals surface area contributed by atoms with Crippen LogP contribution in [0.15, 0.2) is 18.2 Å². The van der Waals surface area contributed by atoms with E-state index >= 15 is 0 Å². The maximum absolute atomic E-state index is 12.5. The molecule has 0 fully saturated rings. The number of nitrogens with zero attached hydrogens (tertiary/aromatic N) is 2. The average molecular weight is 461 g/mol. The molecule has 0 radical (unpaired) electrons. The summed E-state index contributed by atoms with van der Waals surface area (Å²) in [5.74, 6) is 0.523. The molecule has 31 heavy (non-hydrogen) atoms. The topological polar surface area (TPSA) is 94.5 Å². The molecule has 9 heteroatoms. The number of rotatable bonds is 7. The van der Waals surface area contributed by atoms with Crippen LogP contribution in [0.5, 0.6) is 5.75 Å². The van der Waals surface area contributed by atoms with Crippen LogP contribution in [0.3, 0.4) is 0 Å². The van der Waals surface area contributed by atoms with Crippen molar-refractivity contribution in [2.24, 2.45) is 5.92 Å². The van der Waals surface area contributed by atoms with Gasteiger partial charge in [-0.15, -0.1) is 11.3 Å². The molecule has 0 bridgehead atoms. The Morgan fingerprint density at radius 3 is 2.71 bits per heavy atom. The fourth-order valence-corrected chi connectivity index (χ4v) is 5.19. The van der Waals surface area contributed by atoms with E-state index in [-0.39, 0.29) is 24.9 Å². The van der Waals surface area contributed by atoms with Crippen LogP contribution in [0.1, 0.15) is 29.3 Å².